The zero-order chi connectivity index (χ0) is 13.0. The minimum absolute atomic E-state index is 0.0474. The molecule has 0 radical (unpaired) electrons. The maximum atomic E-state index is 10.5. The van der Waals surface area contributed by atoms with Crippen LogP contribution >= 0.6 is 11.8 Å². The van der Waals surface area contributed by atoms with E-state index in [1.54, 1.807) is 4.68 Å². The van der Waals surface area contributed by atoms with Gasteiger partial charge in [0.15, 0.2) is 0 Å². The number of carboxylic acids is 1. The Morgan fingerprint density at radius 3 is 2.78 bits per heavy atom. The molecule has 94 valence electrons. The molecule has 0 saturated carbocycles. The summed E-state index contributed by atoms with van der Waals surface area (Å²) in [5, 5.41) is 20.4. The van der Waals surface area contributed by atoms with Crippen LogP contribution in [0.25, 0.3) is 0 Å². The summed E-state index contributed by atoms with van der Waals surface area (Å²) in [6, 6.07) is 8.04. The van der Waals surface area contributed by atoms with Crippen LogP contribution in [0, 0.1) is 6.92 Å². The van der Waals surface area contributed by atoms with Crippen molar-refractivity contribution in [2.45, 2.75) is 18.6 Å². The number of benzene rings is 1. The topological polar surface area (TPSA) is 80.9 Å². The fourth-order valence-electron chi connectivity index (χ4n) is 1.39. The molecule has 1 aromatic heterocycles. The second-order valence-corrected chi connectivity index (χ2v) is 4.73. The van der Waals surface area contributed by atoms with Crippen molar-refractivity contribution >= 4 is 17.7 Å². The Morgan fingerprint density at radius 2 is 2.11 bits per heavy atom. The third-order valence-electron chi connectivity index (χ3n) is 2.28. The molecule has 2 aromatic rings. The van der Waals surface area contributed by atoms with Gasteiger partial charge >= 0.3 is 5.97 Å². The zero-order valence-electron chi connectivity index (χ0n) is 9.78. The van der Waals surface area contributed by atoms with E-state index < -0.39 is 5.97 Å². The van der Waals surface area contributed by atoms with Crippen molar-refractivity contribution in [2.24, 2.45) is 0 Å². The van der Waals surface area contributed by atoms with Gasteiger partial charge in [0.25, 0.3) is 0 Å². The number of aliphatic carboxylic acids is 1. The Bertz CT molecular complexity index is 538. The maximum absolute atomic E-state index is 10.5. The first-order chi connectivity index (χ1) is 8.65. The number of hydrogen-bond acceptors (Lipinski definition) is 5. The number of carbonyl (C=O) groups is 1. The lowest BCUT2D eigenvalue weighted by molar-refractivity contribution is -0.133. The van der Waals surface area contributed by atoms with Crippen molar-refractivity contribution in [3.8, 4) is 0 Å². The van der Waals surface area contributed by atoms with Crippen LogP contribution in [-0.2, 0) is 11.3 Å². The summed E-state index contributed by atoms with van der Waals surface area (Å²) < 4.78 is 1.60. The van der Waals surface area contributed by atoms with E-state index in [4.69, 9.17) is 5.11 Å². The van der Waals surface area contributed by atoms with Crippen molar-refractivity contribution in [3.63, 3.8) is 0 Å². The largest absolute Gasteiger partial charge is 0.481 e. The van der Waals surface area contributed by atoms with Gasteiger partial charge in [0, 0.05) is 0 Å². The minimum atomic E-state index is -0.884. The molecule has 0 atom stereocenters. The summed E-state index contributed by atoms with van der Waals surface area (Å²) in [5.74, 6) is -0.932. The molecule has 1 N–H and O–H groups in total. The lowest BCUT2D eigenvalue weighted by Gasteiger charge is -2.03. The predicted octanol–water partition coefficient (Wildman–Crippen LogP) is 1.21. The Hall–Kier alpha value is -1.89. The molecule has 1 heterocycles. The van der Waals surface area contributed by atoms with Gasteiger partial charge in [-0.05, 0) is 22.9 Å². The molecule has 0 unspecified atom stereocenters. The van der Waals surface area contributed by atoms with Crippen LogP contribution in [0.5, 0.6) is 0 Å². The first kappa shape index (κ1) is 12.6. The van der Waals surface area contributed by atoms with Crippen LogP contribution in [-0.4, -0.2) is 37.0 Å². The van der Waals surface area contributed by atoms with Gasteiger partial charge in [-0.25, -0.2) is 4.68 Å². The SMILES string of the molecule is Cc1ccc(Cn2nnnc2SCC(=O)O)cc1. The van der Waals surface area contributed by atoms with E-state index in [2.05, 4.69) is 15.5 Å². The first-order valence-electron chi connectivity index (χ1n) is 5.31. The second kappa shape index (κ2) is 5.63. The highest BCUT2D eigenvalue weighted by Crippen LogP contribution is 2.14. The number of aromatic nitrogens is 4. The molecular formula is C11H12N4O2S. The minimum Gasteiger partial charge on any atom is -0.481 e. The highest BCUT2D eigenvalue weighted by molar-refractivity contribution is 7.99. The molecule has 0 fully saturated rings. The summed E-state index contributed by atoms with van der Waals surface area (Å²) in [4.78, 5) is 10.5. The van der Waals surface area contributed by atoms with Crippen LogP contribution < -0.4 is 0 Å². The fourth-order valence-corrected chi connectivity index (χ4v) is 1.99. The summed E-state index contributed by atoms with van der Waals surface area (Å²) in [6.45, 7) is 2.56. The van der Waals surface area contributed by atoms with Gasteiger partial charge in [0.05, 0.1) is 12.3 Å². The van der Waals surface area contributed by atoms with Gasteiger partial charge in [-0.1, -0.05) is 41.6 Å². The van der Waals surface area contributed by atoms with Gasteiger partial charge in [-0.15, -0.1) is 5.10 Å². The van der Waals surface area contributed by atoms with Crippen molar-refractivity contribution in [2.75, 3.05) is 5.75 Å². The van der Waals surface area contributed by atoms with E-state index in [-0.39, 0.29) is 5.75 Å². The van der Waals surface area contributed by atoms with Gasteiger partial charge < -0.3 is 5.11 Å². The molecule has 2 rings (SSSR count). The van der Waals surface area contributed by atoms with Crippen molar-refractivity contribution in [1.82, 2.24) is 20.2 Å². The maximum Gasteiger partial charge on any atom is 0.313 e. The summed E-state index contributed by atoms with van der Waals surface area (Å²) in [5.41, 5.74) is 2.26. The average molecular weight is 264 g/mol. The summed E-state index contributed by atoms with van der Waals surface area (Å²) in [6.07, 6.45) is 0. The molecule has 0 amide bonds. The van der Waals surface area contributed by atoms with Gasteiger partial charge in [0.1, 0.15) is 0 Å². The number of rotatable bonds is 5. The first-order valence-corrected chi connectivity index (χ1v) is 6.30. The Kier molecular flexibility index (Phi) is 3.93. The van der Waals surface area contributed by atoms with E-state index in [0.717, 1.165) is 17.3 Å². The number of nitrogens with zero attached hydrogens (tertiary/aromatic N) is 4. The van der Waals surface area contributed by atoms with Gasteiger partial charge in [-0.3, -0.25) is 4.79 Å². The third kappa shape index (κ3) is 3.30. The zero-order valence-corrected chi connectivity index (χ0v) is 10.6. The molecule has 18 heavy (non-hydrogen) atoms. The second-order valence-electron chi connectivity index (χ2n) is 3.79. The molecule has 0 bridgehead atoms. The number of carboxylic acid groups (broad SMARTS) is 1. The lowest BCUT2D eigenvalue weighted by Crippen LogP contribution is -2.06. The van der Waals surface area contributed by atoms with Crippen molar-refractivity contribution in [1.29, 1.82) is 0 Å². The lowest BCUT2D eigenvalue weighted by atomic mass is 10.1. The summed E-state index contributed by atoms with van der Waals surface area (Å²) in [7, 11) is 0. The number of aryl methyl sites for hydroxylation is 1. The molecular weight excluding hydrogens is 252 g/mol. The Labute approximate surface area is 108 Å². The van der Waals surface area contributed by atoms with Gasteiger partial charge in [-0.2, -0.15) is 0 Å². The molecule has 0 spiro atoms. The normalized spacial score (nSPS) is 10.5. The predicted molar refractivity (Wildman–Crippen MR) is 66.5 cm³/mol. The van der Waals surface area contributed by atoms with E-state index >= 15 is 0 Å². The molecule has 7 heteroatoms. The molecule has 0 saturated heterocycles. The fraction of sp³-hybridized carbons (Fsp3) is 0.273. The highest BCUT2D eigenvalue weighted by Gasteiger charge is 2.09. The van der Waals surface area contributed by atoms with E-state index in [1.807, 2.05) is 31.2 Å². The number of thioether (sulfide) groups is 1. The standard InChI is InChI=1S/C11H12N4O2S/c1-8-2-4-9(5-3-8)6-15-11(12-13-14-15)18-7-10(16)17/h2-5H,6-7H2,1H3,(H,16,17). The van der Waals surface area contributed by atoms with E-state index in [0.29, 0.717) is 11.7 Å². The van der Waals surface area contributed by atoms with Crippen LogP contribution in [0.1, 0.15) is 11.1 Å². The number of hydrogen-bond donors (Lipinski definition) is 1. The van der Waals surface area contributed by atoms with E-state index in [1.165, 1.54) is 5.56 Å². The van der Waals surface area contributed by atoms with Crippen LogP contribution in [0.15, 0.2) is 29.4 Å². The van der Waals surface area contributed by atoms with Crippen molar-refractivity contribution < 1.29 is 9.90 Å². The van der Waals surface area contributed by atoms with Crippen molar-refractivity contribution in [3.05, 3.63) is 35.4 Å². The van der Waals surface area contributed by atoms with E-state index in [9.17, 15) is 4.79 Å². The third-order valence-corrected chi connectivity index (χ3v) is 3.22. The quantitative estimate of drug-likeness (QED) is 0.817. The molecule has 1 aromatic carbocycles. The summed E-state index contributed by atoms with van der Waals surface area (Å²) >= 11 is 1.11. The number of tetrazole rings is 1. The highest BCUT2D eigenvalue weighted by atomic mass is 32.2. The van der Waals surface area contributed by atoms with Crippen LogP contribution in [0.2, 0.25) is 0 Å². The smallest absolute Gasteiger partial charge is 0.313 e. The molecule has 6 nitrogen and oxygen atoms in total. The molecule has 0 aliphatic carbocycles. The molecule has 0 aliphatic rings. The average Bonchev–Trinajstić information content (AvgIpc) is 2.77. The Balaban J connectivity index is 2.07. The molecule has 0 aliphatic heterocycles. The van der Waals surface area contributed by atoms with Crippen LogP contribution in [0.3, 0.4) is 0 Å². The monoisotopic (exact) mass is 264 g/mol. The van der Waals surface area contributed by atoms with Crippen LogP contribution in [0.4, 0.5) is 0 Å². The van der Waals surface area contributed by atoms with Gasteiger partial charge in [0.2, 0.25) is 5.16 Å². The Morgan fingerprint density at radius 1 is 1.39 bits per heavy atom.